The molecule has 0 saturated carbocycles. The zero-order valence-corrected chi connectivity index (χ0v) is 15.8. The second-order valence-electron chi connectivity index (χ2n) is 6.45. The molecule has 1 rings (SSSR count). The van der Waals surface area contributed by atoms with Crippen LogP contribution in [0.15, 0.2) is 24.3 Å². The van der Waals surface area contributed by atoms with Crippen LogP contribution in [0.3, 0.4) is 0 Å². The summed E-state index contributed by atoms with van der Waals surface area (Å²) in [6.45, 7) is 5.17. The fourth-order valence-corrected chi connectivity index (χ4v) is 2.39. The minimum absolute atomic E-state index is 0.169. The molecular formula is C16H24N2O6S. The maximum Gasteiger partial charge on any atom is 0.408 e. The number of carbonyl (C=O) groups excluding carboxylic acids is 2. The molecule has 0 unspecified atom stereocenters. The summed E-state index contributed by atoms with van der Waals surface area (Å²) < 4.78 is 32.1. The maximum atomic E-state index is 12.0. The third-order valence-electron chi connectivity index (χ3n) is 2.86. The Bertz CT molecular complexity index is 707. The van der Waals surface area contributed by atoms with Crippen LogP contribution < -0.4 is 14.8 Å². The lowest BCUT2D eigenvalue weighted by atomic mass is 10.1. The number of rotatable bonds is 6. The summed E-state index contributed by atoms with van der Waals surface area (Å²) in [6, 6.07) is 5.36. The molecule has 8 nitrogen and oxygen atoms in total. The van der Waals surface area contributed by atoms with E-state index in [4.69, 9.17) is 8.92 Å². The Morgan fingerprint density at radius 1 is 1.16 bits per heavy atom. The fraction of sp³-hybridized carbons (Fsp3) is 0.500. The van der Waals surface area contributed by atoms with Crippen LogP contribution in [-0.4, -0.2) is 45.4 Å². The van der Waals surface area contributed by atoms with Gasteiger partial charge in [-0.2, -0.15) is 8.42 Å². The quantitative estimate of drug-likeness (QED) is 0.726. The minimum atomic E-state index is -3.60. The maximum absolute atomic E-state index is 12.0. The topological polar surface area (TPSA) is 111 Å². The van der Waals surface area contributed by atoms with Crippen molar-refractivity contribution < 1.29 is 26.9 Å². The van der Waals surface area contributed by atoms with E-state index in [9.17, 15) is 18.0 Å². The number of likely N-dealkylation sites (N-methyl/N-ethyl adjacent to an activating group) is 1. The van der Waals surface area contributed by atoms with Gasteiger partial charge in [0.25, 0.3) is 0 Å². The Balaban J connectivity index is 2.81. The fourth-order valence-electron chi connectivity index (χ4n) is 1.92. The molecule has 0 saturated heterocycles. The van der Waals surface area contributed by atoms with Crippen molar-refractivity contribution in [1.82, 2.24) is 10.6 Å². The highest BCUT2D eigenvalue weighted by Gasteiger charge is 2.24. The van der Waals surface area contributed by atoms with Crippen molar-refractivity contribution in [2.24, 2.45) is 0 Å². The average molecular weight is 372 g/mol. The number of amides is 2. The standard InChI is InChI=1S/C16H24N2O6S/c1-16(2,3)23-15(20)18-13(14(19)17-4)10-11-6-8-12(9-7-11)24-25(5,21)22/h6-9,13H,10H2,1-5H3,(H,17,19)(H,18,20)/t13-/m0/s1. The van der Waals surface area contributed by atoms with Crippen LogP contribution in [-0.2, 0) is 26.1 Å². The minimum Gasteiger partial charge on any atom is -0.444 e. The van der Waals surface area contributed by atoms with Crippen molar-refractivity contribution in [3.63, 3.8) is 0 Å². The Morgan fingerprint density at radius 2 is 1.72 bits per heavy atom. The summed E-state index contributed by atoms with van der Waals surface area (Å²) in [7, 11) is -2.13. The van der Waals surface area contributed by atoms with Gasteiger partial charge in [0.15, 0.2) is 0 Å². The van der Waals surface area contributed by atoms with Crippen molar-refractivity contribution in [2.75, 3.05) is 13.3 Å². The van der Waals surface area contributed by atoms with Crippen LogP contribution >= 0.6 is 0 Å². The Labute approximate surface area is 148 Å². The van der Waals surface area contributed by atoms with E-state index in [-0.39, 0.29) is 18.1 Å². The normalized spacial score (nSPS) is 12.8. The number of benzene rings is 1. The van der Waals surface area contributed by atoms with E-state index in [1.807, 2.05) is 0 Å². The summed E-state index contributed by atoms with van der Waals surface area (Å²) in [5, 5.41) is 5.01. The summed E-state index contributed by atoms with van der Waals surface area (Å²) in [5.74, 6) is -0.204. The Kier molecular flexibility index (Phi) is 6.80. The van der Waals surface area contributed by atoms with Gasteiger partial charge in [0, 0.05) is 13.5 Å². The Hall–Kier alpha value is -2.29. The molecule has 0 heterocycles. The molecule has 0 bridgehead atoms. The first kappa shape index (κ1) is 20.8. The third-order valence-corrected chi connectivity index (χ3v) is 3.36. The zero-order valence-electron chi connectivity index (χ0n) is 15.0. The lowest BCUT2D eigenvalue weighted by Crippen LogP contribution is -2.48. The number of ether oxygens (including phenoxy) is 1. The first-order valence-corrected chi connectivity index (χ1v) is 9.41. The molecule has 1 aromatic rings. The van der Waals surface area contributed by atoms with Crippen molar-refractivity contribution in [2.45, 2.75) is 38.8 Å². The molecule has 25 heavy (non-hydrogen) atoms. The van der Waals surface area contributed by atoms with Crippen LogP contribution in [0.2, 0.25) is 0 Å². The van der Waals surface area contributed by atoms with E-state index < -0.39 is 27.9 Å². The third kappa shape index (κ3) is 8.39. The van der Waals surface area contributed by atoms with Gasteiger partial charge in [-0.15, -0.1) is 0 Å². The van der Waals surface area contributed by atoms with E-state index in [1.165, 1.54) is 19.2 Å². The predicted octanol–water partition coefficient (Wildman–Crippen LogP) is 1.21. The highest BCUT2D eigenvalue weighted by atomic mass is 32.2. The first-order valence-electron chi connectivity index (χ1n) is 7.59. The summed E-state index contributed by atoms with van der Waals surface area (Å²) >= 11 is 0. The summed E-state index contributed by atoms with van der Waals surface area (Å²) in [6.07, 6.45) is 0.462. The molecule has 1 atom stereocenters. The van der Waals surface area contributed by atoms with Crippen LogP contribution in [0.4, 0.5) is 4.79 Å². The van der Waals surface area contributed by atoms with Crippen molar-refractivity contribution in [3.8, 4) is 5.75 Å². The van der Waals surface area contributed by atoms with Crippen molar-refractivity contribution in [3.05, 3.63) is 29.8 Å². The Morgan fingerprint density at radius 3 is 2.16 bits per heavy atom. The molecule has 0 aliphatic rings. The second kappa shape index (κ2) is 8.19. The van der Waals surface area contributed by atoms with Gasteiger partial charge in [0.1, 0.15) is 17.4 Å². The van der Waals surface area contributed by atoms with Gasteiger partial charge in [-0.1, -0.05) is 12.1 Å². The zero-order chi connectivity index (χ0) is 19.3. The molecule has 0 spiro atoms. The monoisotopic (exact) mass is 372 g/mol. The van der Waals surface area contributed by atoms with Gasteiger partial charge in [0.2, 0.25) is 5.91 Å². The molecule has 9 heteroatoms. The molecule has 2 amide bonds. The second-order valence-corrected chi connectivity index (χ2v) is 8.02. The lowest BCUT2D eigenvalue weighted by molar-refractivity contribution is -0.122. The number of hydrogen-bond acceptors (Lipinski definition) is 6. The molecule has 0 aliphatic heterocycles. The summed E-state index contributed by atoms with van der Waals surface area (Å²) in [4.78, 5) is 23.9. The smallest absolute Gasteiger partial charge is 0.408 e. The number of nitrogens with one attached hydrogen (secondary N) is 2. The van der Waals surface area contributed by atoms with Crippen molar-refractivity contribution >= 4 is 22.1 Å². The van der Waals surface area contributed by atoms with Gasteiger partial charge in [-0.05, 0) is 38.5 Å². The molecule has 140 valence electrons. The van der Waals surface area contributed by atoms with Crippen LogP contribution in [0, 0.1) is 0 Å². The van der Waals surface area contributed by atoms with E-state index >= 15 is 0 Å². The highest BCUT2D eigenvalue weighted by molar-refractivity contribution is 7.86. The largest absolute Gasteiger partial charge is 0.444 e. The van der Waals surface area contributed by atoms with E-state index in [2.05, 4.69) is 10.6 Å². The molecule has 0 aromatic heterocycles. The number of hydrogen-bond donors (Lipinski definition) is 2. The number of carbonyl (C=O) groups is 2. The van der Waals surface area contributed by atoms with Gasteiger partial charge in [0.05, 0.1) is 6.26 Å². The van der Waals surface area contributed by atoms with E-state index in [1.54, 1.807) is 32.9 Å². The van der Waals surface area contributed by atoms with Crippen LogP contribution in [0.1, 0.15) is 26.3 Å². The van der Waals surface area contributed by atoms with Gasteiger partial charge >= 0.3 is 16.2 Å². The lowest BCUT2D eigenvalue weighted by Gasteiger charge is -2.23. The molecule has 0 radical (unpaired) electrons. The van der Waals surface area contributed by atoms with Gasteiger partial charge in [-0.25, -0.2) is 4.79 Å². The van der Waals surface area contributed by atoms with Crippen molar-refractivity contribution in [1.29, 1.82) is 0 Å². The molecular weight excluding hydrogens is 348 g/mol. The molecule has 0 fully saturated rings. The van der Waals surface area contributed by atoms with Gasteiger partial charge < -0.3 is 19.6 Å². The first-order chi connectivity index (χ1) is 11.4. The average Bonchev–Trinajstić information content (AvgIpc) is 2.44. The number of alkyl carbamates (subject to hydrolysis) is 1. The van der Waals surface area contributed by atoms with Gasteiger partial charge in [-0.3, -0.25) is 4.79 Å². The summed E-state index contributed by atoms with van der Waals surface area (Å²) in [5.41, 5.74) is 0.0348. The van der Waals surface area contributed by atoms with E-state index in [0.29, 0.717) is 5.56 Å². The van der Waals surface area contributed by atoms with Crippen LogP contribution in [0.5, 0.6) is 5.75 Å². The SMILES string of the molecule is CNC(=O)[C@H](Cc1ccc(OS(C)(=O)=O)cc1)NC(=O)OC(C)(C)C. The van der Waals surface area contributed by atoms with Crippen LogP contribution in [0.25, 0.3) is 0 Å². The molecule has 1 aromatic carbocycles. The van der Waals surface area contributed by atoms with E-state index in [0.717, 1.165) is 6.26 Å². The molecule has 0 aliphatic carbocycles. The predicted molar refractivity (Wildman–Crippen MR) is 92.8 cm³/mol. The molecule has 2 N–H and O–H groups in total. The highest BCUT2D eigenvalue weighted by Crippen LogP contribution is 2.15.